The Kier molecular flexibility index (Phi) is 6.22. The molecule has 0 amide bonds. The minimum Gasteiger partial charge on any atom is -1.00 e. The predicted molar refractivity (Wildman–Crippen MR) is 88.7 cm³/mol. The van der Waals surface area contributed by atoms with Gasteiger partial charge in [0.05, 0.1) is 6.54 Å². The zero-order chi connectivity index (χ0) is 15.4. The molecule has 0 spiro atoms. The summed E-state index contributed by atoms with van der Waals surface area (Å²) in [5, 5.41) is 4.10. The van der Waals surface area contributed by atoms with Crippen LogP contribution in [0.1, 0.15) is 16.9 Å². The Hall–Kier alpha value is -1.81. The maximum Gasteiger partial charge on any atom is 0.134 e. The number of hydrogen-bond donors (Lipinski definition) is 1. The number of aryl methyl sites for hydroxylation is 1. The average Bonchev–Trinajstić information content (AvgIpc) is 3.00. The van der Waals surface area contributed by atoms with Gasteiger partial charge < -0.3 is 22.1 Å². The summed E-state index contributed by atoms with van der Waals surface area (Å²) < 4.78 is 5.87. The third kappa shape index (κ3) is 4.58. The van der Waals surface area contributed by atoms with Crippen molar-refractivity contribution in [1.29, 1.82) is 0 Å². The van der Waals surface area contributed by atoms with Crippen LogP contribution in [0, 0.1) is 6.92 Å². The second-order valence-corrected chi connectivity index (χ2v) is 5.60. The van der Waals surface area contributed by atoms with Gasteiger partial charge in [-0.1, -0.05) is 29.8 Å². The number of nitrogens with one attached hydrogen (secondary N) is 1. The number of furan rings is 1. The summed E-state index contributed by atoms with van der Waals surface area (Å²) in [6, 6.07) is 13.9. The normalized spacial score (nSPS) is 10.3. The molecule has 0 atom stereocenters. The average molecular weight is 348 g/mol. The molecule has 0 bridgehead atoms. The second kappa shape index (κ2) is 8.16. The summed E-state index contributed by atoms with van der Waals surface area (Å²) in [6.07, 6.45) is 3.63. The fourth-order valence-electron chi connectivity index (χ4n) is 2.21. The highest BCUT2D eigenvalue weighted by Crippen LogP contribution is 2.26. The molecular formula is C18H17Cl2N2O-. The lowest BCUT2D eigenvalue weighted by molar-refractivity contribution is -0.00000503. The highest BCUT2D eigenvalue weighted by molar-refractivity contribution is 6.31. The molecule has 2 aromatic heterocycles. The van der Waals surface area contributed by atoms with Crippen LogP contribution in [0.25, 0.3) is 11.3 Å². The topological polar surface area (TPSA) is 38.1 Å². The Bertz CT molecular complexity index is 757. The molecule has 23 heavy (non-hydrogen) atoms. The van der Waals surface area contributed by atoms with E-state index in [1.165, 1.54) is 0 Å². The van der Waals surface area contributed by atoms with Gasteiger partial charge in [0.25, 0.3) is 0 Å². The van der Waals surface area contributed by atoms with Gasteiger partial charge in [0.15, 0.2) is 0 Å². The first kappa shape index (κ1) is 17.5. The summed E-state index contributed by atoms with van der Waals surface area (Å²) in [6.45, 7) is 3.43. The number of hydrogen-bond acceptors (Lipinski definition) is 3. The molecular weight excluding hydrogens is 331 g/mol. The fourth-order valence-corrected chi connectivity index (χ4v) is 2.39. The van der Waals surface area contributed by atoms with E-state index in [2.05, 4.69) is 10.3 Å². The molecule has 0 radical (unpaired) electrons. The Morgan fingerprint density at radius 1 is 1.13 bits per heavy atom. The van der Waals surface area contributed by atoms with E-state index in [0.29, 0.717) is 6.54 Å². The van der Waals surface area contributed by atoms with Crippen LogP contribution in [0.3, 0.4) is 0 Å². The van der Waals surface area contributed by atoms with E-state index in [1.54, 1.807) is 6.20 Å². The van der Waals surface area contributed by atoms with Gasteiger partial charge in [0, 0.05) is 29.5 Å². The minimum atomic E-state index is 0. The number of rotatable bonds is 5. The van der Waals surface area contributed by atoms with Crippen LogP contribution in [0.2, 0.25) is 5.02 Å². The van der Waals surface area contributed by atoms with Crippen molar-refractivity contribution < 1.29 is 16.8 Å². The summed E-state index contributed by atoms with van der Waals surface area (Å²) in [4.78, 5) is 4.09. The molecule has 3 aromatic rings. The first-order valence-electron chi connectivity index (χ1n) is 7.17. The Labute approximate surface area is 147 Å². The van der Waals surface area contributed by atoms with Crippen LogP contribution >= 0.6 is 11.6 Å². The molecule has 2 heterocycles. The van der Waals surface area contributed by atoms with Crippen molar-refractivity contribution in [2.45, 2.75) is 20.0 Å². The molecule has 0 saturated heterocycles. The van der Waals surface area contributed by atoms with Crippen LogP contribution in [0.15, 0.2) is 59.3 Å². The molecule has 5 heteroatoms. The molecule has 3 rings (SSSR count). The molecule has 3 nitrogen and oxygen atoms in total. The molecule has 1 aromatic carbocycles. The summed E-state index contributed by atoms with van der Waals surface area (Å²) in [7, 11) is 0. The summed E-state index contributed by atoms with van der Waals surface area (Å²) in [5.74, 6) is 1.73. The van der Waals surface area contributed by atoms with E-state index >= 15 is 0 Å². The summed E-state index contributed by atoms with van der Waals surface area (Å²) >= 11 is 6.16. The zero-order valence-electron chi connectivity index (χ0n) is 12.7. The van der Waals surface area contributed by atoms with E-state index < -0.39 is 0 Å². The predicted octanol–water partition coefficient (Wildman–Crippen LogP) is 1.60. The Morgan fingerprint density at radius 2 is 2.00 bits per heavy atom. The maximum absolute atomic E-state index is 6.16. The number of pyridine rings is 1. The molecule has 1 N–H and O–H groups in total. The summed E-state index contributed by atoms with van der Waals surface area (Å²) in [5.41, 5.74) is 3.21. The van der Waals surface area contributed by atoms with Crippen LogP contribution in [-0.2, 0) is 13.1 Å². The van der Waals surface area contributed by atoms with Gasteiger partial charge in [-0.3, -0.25) is 4.98 Å². The molecule has 0 saturated carbocycles. The van der Waals surface area contributed by atoms with Crippen molar-refractivity contribution in [3.05, 3.63) is 76.8 Å². The van der Waals surface area contributed by atoms with Gasteiger partial charge >= 0.3 is 0 Å². The second-order valence-electron chi connectivity index (χ2n) is 5.19. The monoisotopic (exact) mass is 347 g/mol. The van der Waals surface area contributed by atoms with Crippen molar-refractivity contribution in [1.82, 2.24) is 10.3 Å². The van der Waals surface area contributed by atoms with Gasteiger partial charge in [-0.2, -0.15) is 0 Å². The molecule has 0 aliphatic heterocycles. The lowest BCUT2D eigenvalue weighted by Crippen LogP contribution is -3.00. The number of nitrogens with zero attached hydrogens (tertiary/aromatic N) is 1. The van der Waals surface area contributed by atoms with Crippen molar-refractivity contribution >= 4 is 11.6 Å². The third-order valence-corrected chi connectivity index (χ3v) is 3.88. The lowest BCUT2D eigenvalue weighted by atomic mass is 10.1. The van der Waals surface area contributed by atoms with Crippen molar-refractivity contribution in [2.24, 2.45) is 0 Å². The molecule has 0 aliphatic carbocycles. The maximum atomic E-state index is 6.16. The first-order valence-corrected chi connectivity index (χ1v) is 7.55. The van der Waals surface area contributed by atoms with E-state index in [-0.39, 0.29) is 12.4 Å². The highest BCUT2D eigenvalue weighted by Gasteiger charge is 2.06. The molecule has 120 valence electrons. The molecule has 0 aliphatic rings. The van der Waals surface area contributed by atoms with Crippen LogP contribution < -0.4 is 17.7 Å². The lowest BCUT2D eigenvalue weighted by Gasteiger charge is -2.03. The van der Waals surface area contributed by atoms with Crippen LogP contribution in [0.5, 0.6) is 0 Å². The largest absolute Gasteiger partial charge is 1.00 e. The van der Waals surface area contributed by atoms with Crippen molar-refractivity contribution in [3.8, 4) is 11.3 Å². The van der Waals surface area contributed by atoms with Gasteiger partial charge in [-0.05, 0) is 42.3 Å². The van der Waals surface area contributed by atoms with Crippen molar-refractivity contribution in [2.75, 3.05) is 0 Å². The van der Waals surface area contributed by atoms with E-state index in [9.17, 15) is 0 Å². The number of benzene rings is 1. The van der Waals surface area contributed by atoms with E-state index in [0.717, 1.165) is 39.8 Å². The standard InChI is InChI=1S/C18H17ClN2O.ClH/c1-13-4-5-15(9-17(13)19)18-7-6-16(22-18)12-21-11-14-3-2-8-20-10-14;/h2-10,21H,11-12H2,1H3;1H/p-1. The van der Waals surface area contributed by atoms with E-state index in [1.807, 2.05) is 55.6 Å². The van der Waals surface area contributed by atoms with Crippen molar-refractivity contribution in [3.63, 3.8) is 0 Å². The Balaban J connectivity index is 0.00000192. The first-order chi connectivity index (χ1) is 10.7. The SMILES string of the molecule is Cc1ccc(-c2ccc(CNCc3cccnc3)o2)cc1Cl.[Cl-]. The van der Waals surface area contributed by atoms with Gasteiger partial charge in [0.1, 0.15) is 11.5 Å². The zero-order valence-corrected chi connectivity index (χ0v) is 14.2. The quantitative estimate of drug-likeness (QED) is 0.761. The molecule has 0 unspecified atom stereocenters. The fraction of sp³-hybridized carbons (Fsp3) is 0.167. The van der Waals surface area contributed by atoms with Gasteiger partial charge in [-0.25, -0.2) is 0 Å². The minimum absolute atomic E-state index is 0. The van der Waals surface area contributed by atoms with Gasteiger partial charge in [0.2, 0.25) is 0 Å². The number of halogens is 2. The third-order valence-electron chi connectivity index (χ3n) is 3.47. The smallest absolute Gasteiger partial charge is 0.134 e. The highest BCUT2D eigenvalue weighted by atomic mass is 35.5. The van der Waals surface area contributed by atoms with E-state index in [4.69, 9.17) is 16.0 Å². The van der Waals surface area contributed by atoms with Crippen LogP contribution in [-0.4, -0.2) is 4.98 Å². The molecule has 0 fully saturated rings. The van der Waals surface area contributed by atoms with Gasteiger partial charge in [-0.15, -0.1) is 0 Å². The Morgan fingerprint density at radius 3 is 2.74 bits per heavy atom. The van der Waals surface area contributed by atoms with Crippen LogP contribution in [0.4, 0.5) is 0 Å². The number of aromatic nitrogens is 1.